The molecule has 3 N–H and O–H groups in total. The van der Waals surface area contributed by atoms with E-state index in [4.69, 9.17) is 10.2 Å². The van der Waals surface area contributed by atoms with Crippen molar-refractivity contribution in [3.63, 3.8) is 0 Å². The van der Waals surface area contributed by atoms with Gasteiger partial charge in [0, 0.05) is 5.69 Å². The van der Waals surface area contributed by atoms with Gasteiger partial charge in [-0.05, 0) is 31.2 Å². The number of nitrogens with one attached hydrogen (secondary N) is 1. The van der Waals surface area contributed by atoms with Gasteiger partial charge in [0.15, 0.2) is 0 Å². The van der Waals surface area contributed by atoms with Crippen LogP contribution in [0.1, 0.15) is 12.5 Å². The van der Waals surface area contributed by atoms with Gasteiger partial charge >= 0.3 is 6.18 Å². The standard InChI is InChI=1S/C11H10F3NO3/c1-6(16)9(17)10(18)15-8-4-2-7(3-5-8)11(12,13)14/h2-5,16-17H,1H3,(H,15,18)/b9-6+. The highest BCUT2D eigenvalue weighted by molar-refractivity contribution is 6.02. The molecule has 0 radical (unpaired) electrons. The molecule has 4 nitrogen and oxygen atoms in total. The SMILES string of the molecule is C/C(O)=C(\O)C(=O)Nc1ccc(C(F)(F)F)cc1. The lowest BCUT2D eigenvalue weighted by molar-refractivity contribution is -0.137. The molecule has 0 unspecified atom stereocenters. The molecule has 98 valence electrons. The zero-order chi connectivity index (χ0) is 13.9. The van der Waals surface area contributed by atoms with Crippen LogP contribution in [-0.2, 0) is 11.0 Å². The third-order valence-corrected chi connectivity index (χ3v) is 2.03. The first-order chi connectivity index (χ1) is 8.21. The minimum absolute atomic E-state index is 0.0702. The second-order valence-corrected chi connectivity index (χ2v) is 3.46. The van der Waals surface area contributed by atoms with E-state index < -0.39 is 29.2 Å². The first kappa shape index (κ1) is 13.9. The number of alkyl halides is 3. The lowest BCUT2D eigenvalue weighted by Gasteiger charge is -2.08. The summed E-state index contributed by atoms with van der Waals surface area (Å²) in [6.07, 6.45) is -4.45. The molecule has 0 saturated carbocycles. The molecule has 0 atom stereocenters. The van der Waals surface area contributed by atoms with Crippen molar-refractivity contribution in [2.24, 2.45) is 0 Å². The van der Waals surface area contributed by atoms with E-state index in [-0.39, 0.29) is 5.69 Å². The Kier molecular flexibility index (Phi) is 3.85. The molecule has 0 bridgehead atoms. The van der Waals surface area contributed by atoms with Gasteiger partial charge in [0.1, 0.15) is 5.76 Å². The Morgan fingerprint density at radius 2 is 1.67 bits per heavy atom. The molecular formula is C11H10F3NO3. The predicted octanol–water partition coefficient (Wildman–Crippen LogP) is 2.99. The summed E-state index contributed by atoms with van der Waals surface area (Å²) in [5.41, 5.74) is -0.778. The van der Waals surface area contributed by atoms with Crippen molar-refractivity contribution < 1.29 is 28.2 Å². The van der Waals surface area contributed by atoms with Crippen LogP contribution in [0.3, 0.4) is 0 Å². The number of carbonyl (C=O) groups is 1. The van der Waals surface area contributed by atoms with E-state index in [1.165, 1.54) is 0 Å². The molecule has 0 aliphatic rings. The third kappa shape index (κ3) is 3.41. The van der Waals surface area contributed by atoms with Crippen molar-refractivity contribution in [1.29, 1.82) is 0 Å². The number of aliphatic hydroxyl groups is 2. The number of anilines is 1. The molecule has 1 aromatic carbocycles. The minimum atomic E-state index is -4.45. The number of halogens is 3. The fourth-order valence-electron chi connectivity index (χ4n) is 1.10. The first-order valence-corrected chi connectivity index (χ1v) is 4.79. The quantitative estimate of drug-likeness (QED) is 0.566. The zero-order valence-corrected chi connectivity index (χ0v) is 9.25. The highest BCUT2D eigenvalue weighted by Gasteiger charge is 2.30. The number of rotatable bonds is 2. The van der Waals surface area contributed by atoms with E-state index in [0.29, 0.717) is 0 Å². The molecule has 1 aromatic rings. The number of amides is 1. The highest BCUT2D eigenvalue weighted by atomic mass is 19.4. The molecule has 7 heteroatoms. The molecule has 0 aliphatic heterocycles. The fraction of sp³-hybridized carbons (Fsp3) is 0.182. The maximum absolute atomic E-state index is 12.2. The molecule has 0 spiro atoms. The zero-order valence-electron chi connectivity index (χ0n) is 9.25. The molecule has 0 aromatic heterocycles. The average Bonchev–Trinajstić information content (AvgIpc) is 2.27. The topological polar surface area (TPSA) is 69.6 Å². The van der Waals surface area contributed by atoms with Gasteiger partial charge in [-0.3, -0.25) is 4.79 Å². The second-order valence-electron chi connectivity index (χ2n) is 3.46. The lowest BCUT2D eigenvalue weighted by Crippen LogP contribution is -2.15. The van der Waals surface area contributed by atoms with Crippen molar-refractivity contribution in [3.8, 4) is 0 Å². The van der Waals surface area contributed by atoms with E-state index in [0.717, 1.165) is 31.2 Å². The Bertz CT molecular complexity index is 473. The monoisotopic (exact) mass is 261 g/mol. The van der Waals surface area contributed by atoms with Gasteiger partial charge in [0.05, 0.1) is 5.56 Å². The number of hydrogen-bond donors (Lipinski definition) is 3. The average molecular weight is 261 g/mol. The number of aliphatic hydroxyl groups excluding tert-OH is 2. The van der Waals surface area contributed by atoms with Crippen molar-refractivity contribution in [2.75, 3.05) is 5.32 Å². The molecule has 18 heavy (non-hydrogen) atoms. The Balaban J connectivity index is 2.83. The minimum Gasteiger partial charge on any atom is -0.509 e. The maximum Gasteiger partial charge on any atom is 0.416 e. The Hall–Kier alpha value is -2.18. The number of benzene rings is 1. The molecule has 0 saturated heterocycles. The van der Waals surface area contributed by atoms with Crippen LogP contribution in [0.25, 0.3) is 0 Å². The van der Waals surface area contributed by atoms with E-state index in [2.05, 4.69) is 5.32 Å². The summed E-state index contributed by atoms with van der Waals surface area (Å²) in [7, 11) is 0. The number of carbonyl (C=O) groups excluding carboxylic acids is 1. The molecule has 0 heterocycles. The largest absolute Gasteiger partial charge is 0.509 e. The van der Waals surface area contributed by atoms with Crippen LogP contribution in [-0.4, -0.2) is 16.1 Å². The van der Waals surface area contributed by atoms with Crippen LogP contribution in [0.2, 0.25) is 0 Å². The van der Waals surface area contributed by atoms with Gasteiger partial charge in [-0.1, -0.05) is 0 Å². The molecule has 1 rings (SSSR count). The van der Waals surface area contributed by atoms with E-state index >= 15 is 0 Å². The molecule has 1 amide bonds. The van der Waals surface area contributed by atoms with Crippen LogP contribution in [0.4, 0.5) is 18.9 Å². The summed E-state index contributed by atoms with van der Waals surface area (Å²) >= 11 is 0. The van der Waals surface area contributed by atoms with Crippen LogP contribution in [0, 0.1) is 0 Å². The number of allylic oxidation sites excluding steroid dienone is 1. The summed E-state index contributed by atoms with van der Waals surface area (Å²) in [6, 6.07) is 3.67. The summed E-state index contributed by atoms with van der Waals surface area (Å²) in [4.78, 5) is 11.2. The van der Waals surface area contributed by atoms with Crippen LogP contribution in [0.15, 0.2) is 35.8 Å². The van der Waals surface area contributed by atoms with Crippen molar-refractivity contribution >= 4 is 11.6 Å². The second kappa shape index (κ2) is 4.99. The molecular weight excluding hydrogens is 251 g/mol. The number of hydrogen-bond acceptors (Lipinski definition) is 3. The third-order valence-electron chi connectivity index (χ3n) is 2.03. The van der Waals surface area contributed by atoms with Gasteiger partial charge in [0.25, 0.3) is 5.91 Å². The van der Waals surface area contributed by atoms with Crippen molar-refractivity contribution in [3.05, 3.63) is 41.3 Å². The smallest absolute Gasteiger partial charge is 0.416 e. The summed E-state index contributed by atoms with van der Waals surface area (Å²) < 4.78 is 36.7. The Labute approximate surface area is 100 Å². The van der Waals surface area contributed by atoms with E-state index in [1.807, 2.05) is 0 Å². The predicted molar refractivity (Wildman–Crippen MR) is 58.0 cm³/mol. The van der Waals surface area contributed by atoms with Gasteiger partial charge < -0.3 is 15.5 Å². The van der Waals surface area contributed by atoms with Gasteiger partial charge in [-0.15, -0.1) is 0 Å². The van der Waals surface area contributed by atoms with E-state index in [1.54, 1.807) is 0 Å². The van der Waals surface area contributed by atoms with Crippen molar-refractivity contribution in [1.82, 2.24) is 0 Å². The maximum atomic E-state index is 12.2. The van der Waals surface area contributed by atoms with Gasteiger partial charge in [-0.25, -0.2) is 0 Å². The molecule has 0 aliphatic carbocycles. The summed E-state index contributed by atoms with van der Waals surface area (Å²) in [5.74, 6) is -2.48. The fourth-order valence-corrected chi connectivity index (χ4v) is 1.10. The highest BCUT2D eigenvalue weighted by Crippen LogP contribution is 2.29. The molecule has 0 fully saturated rings. The van der Waals surface area contributed by atoms with Crippen LogP contribution >= 0.6 is 0 Å². The summed E-state index contributed by atoms with van der Waals surface area (Å²) in [6.45, 7) is 1.10. The van der Waals surface area contributed by atoms with Gasteiger partial charge in [-0.2, -0.15) is 13.2 Å². The summed E-state index contributed by atoms with van der Waals surface area (Å²) in [5, 5.41) is 20.0. The lowest BCUT2D eigenvalue weighted by atomic mass is 10.2. The first-order valence-electron chi connectivity index (χ1n) is 4.79. The van der Waals surface area contributed by atoms with E-state index in [9.17, 15) is 18.0 Å². The van der Waals surface area contributed by atoms with Crippen molar-refractivity contribution in [2.45, 2.75) is 13.1 Å². The normalized spacial score (nSPS) is 12.9. The Morgan fingerprint density at radius 3 is 2.06 bits per heavy atom. The van der Waals surface area contributed by atoms with Crippen LogP contribution in [0.5, 0.6) is 0 Å². The van der Waals surface area contributed by atoms with Crippen LogP contribution < -0.4 is 5.32 Å². The van der Waals surface area contributed by atoms with Gasteiger partial charge in [0.2, 0.25) is 5.76 Å². The Morgan fingerprint density at radius 1 is 1.17 bits per heavy atom.